The van der Waals surface area contributed by atoms with E-state index in [-0.39, 0.29) is 0 Å². The third-order valence-electron chi connectivity index (χ3n) is 1.16. The molecule has 0 heterocycles. The Hall–Kier alpha value is -1.20. The molecule has 0 saturated carbocycles. The van der Waals surface area contributed by atoms with E-state index >= 15 is 0 Å². The van der Waals surface area contributed by atoms with Crippen LogP contribution in [0.5, 0.6) is 0 Å². The van der Waals surface area contributed by atoms with Crippen molar-refractivity contribution in [3.63, 3.8) is 0 Å². The predicted octanol–water partition coefficient (Wildman–Crippen LogP) is 0.131. The van der Waals surface area contributed by atoms with Gasteiger partial charge in [0.1, 0.15) is 0 Å². The first-order chi connectivity index (χ1) is 4.46. The minimum Gasteiger partial charge on any atom is -0.264 e. The Kier molecular flexibility index (Phi) is 2.72. The molecule has 0 spiro atoms. The number of hydrogen-bond donors (Lipinski definition) is 0. The molecule has 0 saturated heterocycles. The second kappa shape index (κ2) is 3.09. The van der Waals surface area contributed by atoms with Gasteiger partial charge in [0.2, 0.25) is 0 Å². The quantitative estimate of drug-likeness (QED) is 0.419. The average Bonchev–Trinajstić information content (AvgIpc) is 1.84. The monoisotopic (exact) mass is 147 g/mol. The highest BCUT2D eigenvalue weighted by Gasteiger charge is 2.31. The fourth-order valence-electron chi connectivity index (χ4n) is 0.317. The van der Waals surface area contributed by atoms with Crippen LogP contribution >= 0.6 is 0 Å². The topological polar surface area (TPSA) is 86.3 Å². The summed E-state index contributed by atoms with van der Waals surface area (Å²) in [5.41, 5.74) is 0. The van der Waals surface area contributed by atoms with E-state index in [1.807, 2.05) is 0 Å². The molecule has 1 radical (unpaired) electrons. The van der Waals surface area contributed by atoms with Crippen LogP contribution in [-0.2, 0) is 0 Å². The van der Waals surface area contributed by atoms with Crippen molar-refractivity contribution >= 4 is 0 Å². The van der Waals surface area contributed by atoms with E-state index in [4.69, 9.17) is 0 Å². The van der Waals surface area contributed by atoms with E-state index in [0.29, 0.717) is 0 Å². The van der Waals surface area contributed by atoms with Crippen LogP contribution in [0.1, 0.15) is 6.92 Å². The normalized spacial score (nSPS) is 15.8. The van der Waals surface area contributed by atoms with Crippen LogP contribution in [0.3, 0.4) is 0 Å². The number of nitrogens with zero attached hydrogens (tertiary/aromatic N) is 2. The van der Waals surface area contributed by atoms with Crippen LogP contribution in [0.15, 0.2) is 0 Å². The van der Waals surface area contributed by atoms with Crippen molar-refractivity contribution in [1.82, 2.24) is 0 Å². The van der Waals surface area contributed by atoms with Gasteiger partial charge >= 0.3 is 0 Å². The summed E-state index contributed by atoms with van der Waals surface area (Å²) in [4.78, 5) is 18.3. The number of hydrogen-bond acceptors (Lipinski definition) is 4. The molecule has 6 heteroatoms. The lowest BCUT2D eigenvalue weighted by molar-refractivity contribution is -0.605. The molecule has 0 amide bonds. The van der Waals surface area contributed by atoms with Crippen molar-refractivity contribution in [2.75, 3.05) is 0 Å². The van der Waals surface area contributed by atoms with Crippen molar-refractivity contribution < 1.29 is 9.85 Å². The first-order valence-electron chi connectivity index (χ1n) is 2.57. The molecule has 2 atom stereocenters. The minimum atomic E-state index is -1.37. The van der Waals surface area contributed by atoms with Crippen molar-refractivity contribution in [2.45, 2.75) is 19.0 Å². The van der Waals surface area contributed by atoms with Gasteiger partial charge in [0, 0.05) is 23.7 Å². The molecule has 0 aromatic heterocycles. The van der Waals surface area contributed by atoms with E-state index < -0.39 is 21.9 Å². The fourth-order valence-corrected chi connectivity index (χ4v) is 0.317. The van der Waals surface area contributed by atoms with Gasteiger partial charge in [0.05, 0.1) is 0 Å². The van der Waals surface area contributed by atoms with E-state index in [1.54, 1.807) is 0 Å². The molecule has 6 nitrogen and oxygen atoms in total. The third-order valence-corrected chi connectivity index (χ3v) is 1.16. The van der Waals surface area contributed by atoms with Gasteiger partial charge in [-0.1, -0.05) is 0 Å². The molecular weight excluding hydrogens is 140 g/mol. The van der Waals surface area contributed by atoms with Crippen molar-refractivity contribution in [3.8, 4) is 0 Å². The van der Waals surface area contributed by atoms with Gasteiger partial charge in [-0.05, 0) is 0 Å². The first kappa shape index (κ1) is 8.80. The van der Waals surface area contributed by atoms with Gasteiger partial charge in [-0.2, -0.15) is 0 Å². The minimum absolute atomic E-state index is 0.722. The predicted molar refractivity (Wildman–Crippen MR) is 32.6 cm³/mol. The lowest BCUT2D eigenvalue weighted by Crippen LogP contribution is -2.34. The molecule has 0 aliphatic carbocycles. The molecule has 0 aliphatic rings. The molecule has 0 aromatic rings. The molecule has 10 heavy (non-hydrogen) atoms. The highest BCUT2D eigenvalue weighted by Crippen LogP contribution is 1.98. The lowest BCUT2D eigenvalue weighted by atomic mass is 10.2. The van der Waals surface area contributed by atoms with Crippen LogP contribution in [0.25, 0.3) is 0 Å². The maximum Gasteiger partial charge on any atom is 0.278 e. The van der Waals surface area contributed by atoms with Gasteiger partial charge in [0.15, 0.2) is 0 Å². The molecule has 0 aromatic carbocycles. The number of nitro groups is 2. The Balaban J connectivity index is 4.07. The maximum atomic E-state index is 9.91. The summed E-state index contributed by atoms with van der Waals surface area (Å²) in [5, 5.41) is 19.8. The van der Waals surface area contributed by atoms with Gasteiger partial charge in [-0.25, -0.2) is 0 Å². The zero-order chi connectivity index (χ0) is 8.31. The zero-order valence-corrected chi connectivity index (χ0v) is 5.39. The summed E-state index contributed by atoms with van der Waals surface area (Å²) in [6.45, 7) is 4.17. The molecule has 0 bridgehead atoms. The second-order valence-electron chi connectivity index (χ2n) is 1.88. The molecule has 0 aliphatic heterocycles. The second-order valence-corrected chi connectivity index (χ2v) is 1.88. The summed E-state index contributed by atoms with van der Waals surface area (Å²) in [6, 6.07) is -2.59. The lowest BCUT2D eigenvalue weighted by Gasteiger charge is -2.03. The average molecular weight is 147 g/mol. The Morgan fingerprint density at radius 2 is 1.70 bits per heavy atom. The van der Waals surface area contributed by atoms with Crippen LogP contribution in [-0.4, -0.2) is 21.9 Å². The van der Waals surface area contributed by atoms with E-state index in [9.17, 15) is 20.2 Å². The molecule has 0 rings (SSSR count). The summed E-state index contributed by atoms with van der Waals surface area (Å²) in [7, 11) is 0. The van der Waals surface area contributed by atoms with Crippen LogP contribution in [0, 0.1) is 27.2 Å². The highest BCUT2D eigenvalue weighted by atomic mass is 16.6. The molecule has 57 valence electrons. The molecular formula is C4H7N2O4. The largest absolute Gasteiger partial charge is 0.278 e. The number of rotatable bonds is 3. The van der Waals surface area contributed by atoms with Gasteiger partial charge in [-0.3, -0.25) is 20.2 Å². The van der Waals surface area contributed by atoms with Gasteiger partial charge in [0.25, 0.3) is 12.1 Å². The summed E-state index contributed by atoms with van der Waals surface area (Å²) < 4.78 is 0. The SMILES string of the molecule is [CH2]C(C(C)[N+](=O)[O-])[N+](=O)[O-]. The van der Waals surface area contributed by atoms with E-state index in [2.05, 4.69) is 6.92 Å². The third kappa shape index (κ3) is 1.96. The van der Waals surface area contributed by atoms with Crippen molar-refractivity contribution in [1.29, 1.82) is 0 Å². The standard InChI is InChI=1S/C4H7N2O4/c1-3(5(7)8)4(2)6(9)10/h3-4H,1H2,2H3. The molecule has 2 unspecified atom stereocenters. The molecule has 0 fully saturated rings. The van der Waals surface area contributed by atoms with E-state index in [0.717, 1.165) is 6.92 Å². The first-order valence-corrected chi connectivity index (χ1v) is 2.57. The summed E-state index contributed by atoms with van der Waals surface area (Å²) >= 11 is 0. The highest BCUT2D eigenvalue weighted by molar-refractivity contribution is 4.65. The van der Waals surface area contributed by atoms with Crippen molar-refractivity contribution in [2.24, 2.45) is 0 Å². The Bertz CT molecular complexity index is 139. The summed E-state index contributed by atoms with van der Waals surface area (Å²) in [6.07, 6.45) is 0. The van der Waals surface area contributed by atoms with Gasteiger partial charge < -0.3 is 0 Å². The van der Waals surface area contributed by atoms with Crippen LogP contribution < -0.4 is 0 Å². The van der Waals surface area contributed by atoms with Crippen molar-refractivity contribution in [3.05, 3.63) is 27.2 Å². The summed E-state index contributed by atoms with van der Waals surface area (Å²) in [5.74, 6) is 0. The molecule has 0 N–H and O–H groups in total. The smallest absolute Gasteiger partial charge is 0.264 e. The zero-order valence-electron chi connectivity index (χ0n) is 5.39. The van der Waals surface area contributed by atoms with E-state index in [1.165, 1.54) is 0 Å². The van der Waals surface area contributed by atoms with Gasteiger partial charge in [-0.15, -0.1) is 0 Å². The van der Waals surface area contributed by atoms with Crippen LogP contribution in [0.4, 0.5) is 0 Å². The van der Waals surface area contributed by atoms with Crippen LogP contribution in [0.2, 0.25) is 0 Å². The Labute approximate surface area is 57.1 Å². The fraction of sp³-hybridized carbons (Fsp3) is 0.750. The Morgan fingerprint density at radius 3 is 1.80 bits per heavy atom. The maximum absolute atomic E-state index is 9.91. The Morgan fingerprint density at radius 1 is 1.30 bits per heavy atom.